The lowest BCUT2D eigenvalue weighted by molar-refractivity contribution is 0.0697. The van der Waals surface area contributed by atoms with Crippen molar-refractivity contribution in [2.75, 3.05) is 18.0 Å². The molecule has 84 valence electrons. The largest absolute Gasteiger partial charge is 0.478 e. The lowest BCUT2D eigenvalue weighted by Gasteiger charge is -2.26. The molecule has 0 fully saturated rings. The summed E-state index contributed by atoms with van der Waals surface area (Å²) < 4.78 is 0. The Hall–Kier alpha value is -1.84. The Balaban J connectivity index is 2.21. The molecule has 1 aromatic heterocycles. The molecule has 2 rings (SSSR count). The Morgan fingerprint density at radius 1 is 1.56 bits per heavy atom. The van der Waals surface area contributed by atoms with Gasteiger partial charge in [-0.2, -0.15) is 0 Å². The third-order valence-electron chi connectivity index (χ3n) is 2.75. The summed E-state index contributed by atoms with van der Waals surface area (Å²) in [5.74, 6) is -0.170. The summed E-state index contributed by atoms with van der Waals surface area (Å²) in [5.41, 5.74) is 1.67. The first-order valence-electron chi connectivity index (χ1n) is 5.27. The smallest absolute Gasteiger partial charge is 0.335 e. The van der Waals surface area contributed by atoms with Crippen molar-refractivity contribution in [1.29, 1.82) is 0 Å². The van der Waals surface area contributed by atoms with Gasteiger partial charge < -0.3 is 10.0 Å². The van der Waals surface area contributed by atoms with Crippen LogP contribution in [0, 0.1) is 0 Å². The summed E-state index contributed by atoms with van der Waals surface area (Å²) in [6.07, 6.45) is 4.71. The topological polar surface area (TPSA) is 53.4 Å². The second-order valence-electron chi connectivity index (χ2n) is 3.95. The second kappa shape index (κ2) is 4.35. The van der Waals surface area contributed by atoms with Crippen LogP contribution in [0.1, 0.15) is 23.7 Å². The van der Waals surface area contributed by atoms with Gasteiger partial charge in [0.15, 0.2) is 0 Å². The predicted octanol–water partition coefficient (Wildman–Crippen LogP) is 1.94. The fraction of sp³-hybridized carbons (Fsp3) is 0.333. The van der Waals surface area contributed by atoms with Crippen molar-refractivity contribution < 1.29 is 9.90 Å². The van der Waals surface area contributed by atoms with Crippen LogP contribution in [0.3, 0.4) is 0 Å². The molecule has 4 heteroatoms. The predicted molar refractivity (Wildman–Crippen MR) is 61.8 cm³/mol. The van der Waals surface area contributed by atoms with Gasteiger partial charge in [-0.25, -0.2) is 9.78 Å². The summed E-state index contributed by atoms with van der Waals surface area (Å²) in [7, 11) is 0. The SMILES string of the molecule is CC1=CCN(c2cc(C(=O)O)ccn2)CC1. The van der Waals surface area contributed by atoms with E-state index >= 15 is 0 Å². The zero-order valence-electron chi connectivity index (χ0n) is 9.18. The maximum absolute atomic E-state index is 10.8. The van der Waals surface area contributed by atoms with Crippen LogP contribution in [0.15, 0.2) is 30.0 Å². The molecule has 0 aliphatic carbocycles. The molecule has 2 heterocycles. The van der Waals surface area contributed by atoms with Gasteiger partial charge >= 0.3 is 5.97 Å². The molecule has 1 N–H and O–H groups in total. The van der Waals surface area contributed by atoms with E-state index in [9.17, 15) is 4.79 Å². The maximum atomic E-state index is 10.8. The number of hydrogen-bond donors (Lipinski definition) is 1. The van der Waals surface area contributed by atoms with Crippen LogP contribution < -0.4 is 4.90 Å². The van der Waals surface area contributed by atoms with Crippen LogP contribution >= 0.6 is 0 Å². The molecular weight excluding hydrogens is 204 g/mol. The average molecular weight is 218 g/mol. The van der Waals surface area contributed by atoms with E-state index in [1.807, 2.05) is 0 Å². The Morgan fingerprint density at radius 2 is 2.38 bits per heavy atom. The fourth-order valence-electron chi connectivity index (χ4n) is 1.70. The lowest BCUT2D eigenvalue weighted by atomic mass is 10.1. The van der Waals surface area contributed by atoms with E-state index in [-0.39, 0.29) is 5.56 Å². The third-order valence-corrected chi connectivity index (χ3v) is 2.75. The quantitative estimate of drug-likeness (QED) is 0.771. The Bertz CT molecular complexity index is 440. The Kier molecular flexibility index (Phi) is 2.90. The van der Waals surface area contributed by atoms with Crippen LogP contribution in [0.5, 0.6) is 0 Å². The second-order valence-corrected chi connectivity index (χ2v) is 3.95. The number of anilines is 1. The molecule has 1 aliphatic heterocycles. The van der Waals surface area contributed by atoms with Gasteiger partial charge in [-0.15, -0.1) is 0 Å². The zero-order valence-corrected chi connectivity index (χ0v) is 9.18. The van der Waals surface area contributed by atoms with Crippen LogP contribution in [-0.4, -0.2) is 29.1 Å². The van der Waals surface area contributed by atoms with Gasteiger partial charge in [-0.05, 0) is 25.5 Å². The number of carbonyl (C=O) groups is 1. The molecule has 0 saturated heterocycles. The third kappa shape index (κ3) is 2.21. The van der Waals surface area contributed by atoms with Gasteiger partial charge in [0.2, 0.25) is 0 Å². The van der Waals surface area contributed by atoms with E-state index in [0.29, 0.717) is 0 Å². The molecule has 0 spiro atoms. The summed E-state index contributed by atoms with van der Waals surface area (Å²) in [4.78, 5) is 17.1. The van der Waals surface area contributed by atoms with Gasteiger partial charge in [0.25, 0.3) is 0 Å². The standard InChI is InChI=1S/C12H14N2O2/c1-9-3-6-14(7-4-9)11-8-10(12(15)16)2-5-13-11/h2-3,5,8H,4,6-7H2,1H3,(H,15,16). The van der Waals surface area contributed by atoms with Crippen LogP contribution in [0.25, 0.3) is 0 Å². The highest BCUT2D eigenvalue weighted by molar-refractivity contribution is 5.88. The number of nitrogens with zero attached hydrogens (tertiary/aromatic N) is 2. The van der Waals surface area contributed by atoms with Crippen LogP contribution in [0.2, 0.25) is 0 Å². The fourth-order valence-corrected chi connectivity index (χ4v) is 1.70. The molecule has 0 saturated carbocycles. The minimum Gasteiger partial charge on any atom is -0.478 e. The number of rotatable bonds is 2. The number of carboxylic acids is 1. The number of carboxylic acid groups (broad SMARTS) is 1. The minimum absolute atomic E-state index is 0.288. The highest BCUT2D eigenvalue weighted by atomic mass is 16.4. The zero-order chi connectivity index (χ0) is 11.5. The van der Waals surface area contributed by atoms with Gasteiger partial charge in [0, 0.05) is 19.3 Å². The molecule has 0 bridgehead atoms. The molecule has 0 radical (unpaired) electrons. The van der Waals surface area contributed by atoms with Crippen LogP contribution in [-0.2, 0) is 0 Å². The van der Waals surface area contributed by atoms with Gasteiger partial charge in [0.05, 0.1) is 5.56 Å². The van der Waals surface area contributed by atoms with Crippen molar-refractivity contribution in [3.63, 3.8) is 0 Å². The highest BCUT2D eigenvalue weighted by Gasteiger charge is 2.12. The highest BCUT2D eigenvalue weighted by Crippen LogP contribution is 2.18. The summed E-state index contributed by atoms with van der Waals surface area (Å²) in [6, 6.07) is 3.13. The van der Waals surface area contributed by atoms with Crippen molar-refractivity contribution in [1.82, 2.24) is 4.98 Å². The number of pyridine rings is 1. The van der Waals surface area contributed by atoms with E-state index < -0.39 is 5.97 Å². The van der Waals surface area contributed by atoms with Gasteiger partial charge in [0.1, 0.15) is 5.82 Å². The van der Waals surface area contributed by atoms with Crippen molar-refractivity contribution in [2.24, 2.45) is 0 Å². The van der Waals surface area contributed by atoms with E-state index in [4.69, 9.17) is 5.11 Å². The van der Waals surface area contributed by atoms with Crippen molar-refractivity contribution >= 4 is 11.8 Å². The van der Waals surface area contributed by atoms with E-state index in [1.54, 1.807) is 12.3 Å². The maximum Gasteiger partial charge on any atom is 0.335 e. The summed E-state index contributed by atoms with van der Waals surface area (Å²) in [6.45, 7) is 3.82. The molecule has 4 nitrogen and oxygen atoms in total. The Labute approximate surface area is 94.2 Å². The molecule has 0 aromatic carbocycles. The molecule has 0 atom stereocenters. The number of aromatic nitrogens is 1. The molecule has 0 amide bonds. The lowest BCUT2D eigenvalue weighted by Crippen LogP contribution is -2.29. The van der Waals surface area contributed by atoms with Gasteiger partial charge in [-0.3, -0.25) is 0 Å². The number of hydrogen-bond acceptors (Lipinski definition) is 3. The monoisotopic (exact) mass is 218 g/mol. The van der Waals surface area contributed by atoms with E-state index in [2.05, 4.69) is 22.9 Å². The van der Waals surface area contributed by atoms with E-state index in [0.717, 1.165) is 25.3 Å². The summed E-state index contributed by atoms with van der Waals surface area (Å²) in [5, 5.41) is 8.89. The Morgan fingerprint density at radius 3 is 3.00 bits per heavy atom. The number of aromatic carboxylic acids is 1. The molecule has 0 unspecified atom stereocenters. The molecular formula is C12H14N2O2. The van der Waals surface area contributed by atoms with Gasteiger partial charge in [-0.1, -0.05) is 11.6 Å². The van der Waals surface area contributed by atoms with Crippen molar-refractivity contribution in [3.8, 4) is 0 Å². The molecule has 16 heavy (non-hydrogen) atoms. The van der Waals surface area contributed by atoms with Crippen molar-refractivity contribution in [2.45, 2.75) is 13.3 Å². The average Bonchev–Trinajstić information content (AvgIpc) is 2.30. The minimum atomic E-state index is -0.910. The normalized spacial score (nSPS) is 15.8. The first-order valence-corrected chi connectivity index (χ1v) is 5.27. The van der Waals surface area contributed by atoms with Crippen molar-refractivity contribution in [3.05, 3.63) is 35.5 Å². The summed E-state index contributed by atoms with van der Waals surface area (Å²) >= 11 is 0. The molecule has 1 aromatic rings. The van der Waals surface area contributed by atoms with E-state index in [1.165, 1.54) is 11.6 Å². The first kappa shape index (κ1) is 10.7. The van der Waals surface area contributed by atoms with Crippen LogP contribution in [0.4, 0.5) is 5.82 Å². The first-order chi connectivity index (χ1) is 7.66. The molecule has 1 aliphatic rings.